The number of rotatable bonds is 4. The zero-order valence-electron chi connectivity index (χ0n) is 18.1. The number of likely N-dealkylation sites (tertiary alicyclic amines) is 1. The Balaban J connectivity index is 1.63. The lowest BCUT2D eigenvalue weighted by molar-refractivity contribution is 0.0659. The highest BCUT2D eigenvalue weighted by molar-refractivity contribution is 7.17. The van der Waals surface area contributed by atoms with Crippen molar-refractivity contribution < 1.29 is 9.59 Å². The van der Waals surface area contributed by atoms with Gasteiger partial charge >= 0.3 is 0 Å². The Labute approximate surface area is 183 Å². The van der Waals surface area contributed by atoms with Gasteiger partial charge in [0.05, 0.1) is 5.56 Å². The van der Waals surface area contributed by atoms with Crippen molar-refractivity contribution in [2.45, 2.75) is 45.1 Å². The molecule has 160 valence electrons. The van der Waals surface area contributed by atoms with Crippen molar-refractivity contribution in [1.82, 2.24) is 9.80 Å². The first-order chi connectivity index (χ1) is 14.4. The van der Waals surface area contributed by atoms with E-state index in [9.17, 15) is 9.59 Å². The summed E-state index contributed by atoms with van der Waals surface area (Å²) >= 11 is 1.59. The average molecular weight is 426 g/mol. The van der Waals surface area contributed by atoms with Crippen molar-refractivity contribution in [1.29, 1.82) is 0 Å². The summed E-state index contributed by atoms with van der Waals surface area (Å²) in [6.45, 7) is 4.29. The summed E-state index contributed by atoms with van der Waals surface area (Å²) in [5.41, 5.74) is 2.50. The van der Waals surface area contributed by atoms with Crippen LogP contribution in [-0.2, 0) is 12.8 Å². The van der Waals surface area contributed by atoms with Gasteiger partial charge in [-0.3, -0.25) is 9.59 Å². The first kappa shape index (κ1) is 21.1. The largest absolute Gasteiger partial charge is 0.339 e. The highest BCUT2D eigenvalue weighted by Crippen LogP contribution is 2.40. The van der Waals surface area contributed by atoms with E-state index >= 15 is 0 Å². The van der Waals surface area contributed by atoms with Crippen LogP contribution in [0.25, 0.3) is 0 Å². The SMILES string of the molecule is CC1CCc2c(sc(NC(=O)c3ccccc3)c2C(=O)N(C)C2CCN(C)CC2)C1. The fourth-order valence-corrected chi connectivity index (χ4v) is 5.95. The zero-order chi connectivity index (χ0) is 21.3. The predicted molar refractivity (Wildman–Crippen MR) is 123 cm³/mol. The van der Waals surface area contributed by atoms with Gasteiger partial charge in [0.25, 0.3) is 11.8 Å². The van der Waals surface area contributed by atoms with Crippen LogP contribution in [0.1, 0.15) is 57.3 Å². The fraction of sp³-hybridized carbons (Fsp3) is 0.500. The van der Waals surface area contributed by atoms with Gasteiger partial charge in [0.1, 0.15) is 5.00 Å². The standard InChI is InChI=1S/C24H31N3O2S/c1-16-9-10-19-20(15-16)30-23(25-22(28)17-7-5-4-6-8-17)21(19)24(29)27(3)18-11-13-26(2)14-12-18/h4-8,16,18H,9-15H2,1-3H3,(H,25,28). The van der Waals surface area contributed by atoms with Crippen molar-refractivity contribution in [3.63, 3.8) is 0 Å². The Morgan fingerprint density at radius 3 is 2.53 bits per heavy atom. The quantitative estimate of drug-likeness (QED) is 0.795. The van der Waals surface area contributed by atoms with Gasteiger partial charge in [-0.15, -0.1) is 11.3 Å². The van der Waals surface area contributed by atoms with Crippen LogP contribution in [0.4, 0.5) is 5.00 Å². The summed E-state index contributed by atoms with van der Waals surface area (Å²) in [4.78, 5) is 32.0. The maximum atomic E-state index is 13.6. The van der Waals surface area contributed by atoms with Gasteiger partial charge in [-0.1, -0.05) is 25.1 Å². The molecule has 2 aliphatic rings. The number of carbonyl (C=O) groups is 2. The van der Waals surface area contributed by atoms with Gasteiger partial charge in [-0.2, -0.15) is 0 Å². The van der Waals surface area contributed by atoms with E-state index in [1.54, 1.807) is 23.5 Å². The summed E-state index contributed by atoms with van der Waals surface area (Å²) in [6, 6.07) is 9.47. The van der Waals surface area contributed by atoms with Gasteiger partial charge in [-0.25, -0.2) is 0 Å². The van der Waals surface area contributed by atoms with E-state index in [4.69, 9.17) is 0 Å². The second-order valence-electron chi connectivity index (χ2n) is 8.83. The van der Waals surface area contributed by atoms with E-state index in [-0.39, 0.29) is 17.9 Å². The lowest BCUT2D eigenvalue weighted by Gasteiger charge is -2.35. The first-order valence-electron chi connectivity index (χ1n) is 10.9. The van der Waals surface area contributed by atoms with Crippen LogP contribution in [0.2, 0.25) is 0 Å². The lowest BCUT2D eigenvalue weighted by atomic mass is 9.88. The van der Waals surface area contributed by atoms with Gasteiger partial charge in [0.2, 0.25) is 0 Å². The van der Waals surface area contributed by atoms with Gasteiger partial charge in [0.15, 0.2) is 0 Å². The Kier molecular flexibility index (Phi) is 6.25. The smallest absolute Gasteiger partial charge is 0.257 e. The second-order valence-corrected chi connectivity index (χ2v) is 9.93. The number of piperidine rings is 1. The number of carbonyl (C=O) groups excluding carboxylic acids is 2. The molecule has 0 saturated carbocycles. The summed E-state index contributed by atoms with van der Waals surface area (Å²) < 4.78 is 0. The number of nitrogens with zero attached hydrogens (tertiary/aromatic N) is 2. The molecule has 6 heteroatoms. The van der Waals surface area contributed by atoms with Gasteiger partial charge in [-0.05, 0) is 75.9 Å². The van der Waals surface area contributed by atoms with Crippen LogP contribution >= 0.6 is 11.3 Å². The van der Waals surface area contributed by atoms with E-state index in [0.717, 1.165) is 56.3 Å². The summed E-state index contributed by atoms with van der Waals surface area (Å²) in [5.74, 6) is 0.515. The number of anilines is 1. The highest BCUT2D eigenvalue weighted by Gasteiger charge is 2.32. The van der Waals surface area contributed by atoms with E-state index < -0.39 is 0 Å². The molecule has 0 spiro atoms. The van der Waals surface area contributed by atoms with Crippen molar-refractivity contribution >= 4 is 28.2 Å². The normalized spacial score (nSPS) is 19.9. The lowest BCUT2D eigenvalue weighted by Crippen LogP contribution is -2.44. The van der Waals surface area contributed by atoms with Gasteiger partial charge < -0.3 is 15.1 Å². The number of nitrogens with one attached hydrogen (secondary N) is 1. The zero-order valence-corrected chi connectivity index (χ0v) is 18.9. The number of benzene rings is 1. The third-order valence-corrected chi connectivity index (χ3v) is 7.71. The van der Waals surface area contributed by atoms with Crippen LogP contribution in [0.15, 0.2) is 30.3 Å². The third-order valence-electron chi connectivity index (χ3n) is 6.54. The molecule has 4 rings (SSSR count). The molecule has 1 aromatic heterocycles. The minimum absolute atomic E-state index is 0.0555. The second kappa shape index (κ2) is 8.90. The van der Waals surface area contributed by atoms with Crippen LogP contribution in [0.5, 0.6) is 0 Å². The molecule has 1 N–H and O–H groups in total. The van der Waals surface area contributed by atoms with E-state index in [1.165, 1.54) is 4.88 Å². The monoisotopic (exact) mass is 425 g/mol. The summed E-state index contributed by atoms with van der Waals surface area (Å²) in [7, 11) is 4.06. The molecule has 1 aliphatic carbocycles. The molecule has 1 aliphatic heterocycles. The van der Waals surface area contributed by atoms with Crippen molar-refractivity contribution in [2.24, 2.45) is 5.92 Å². The van der Waals surface area contributed by atoms with E-state index in [2.05, 4.69) is 24.2 Å². The molecule has 1 unspecified atom stereocenters. The van der Waals surface area contributed by atoms with Gasteiger partial charge in [0, 0.05) is 23.5 Å². The fourth-order valence-electron chi connectivity index (χ4n) is 4.55. The predicted octanol–water partition coefficient (Wildman–Crippen LogP) is 4.29. The number of fused-ring (bicyclic) bond motifs is 1. The van der Waals surface area contributed by atoms with Crippen LogP contribution < -0.4 is 5.32 Å². The number of hydrogen-bond donors (Lipinski definition) is 1. The maximum Gasteiger partial charge on any atom is 0.257 e. The molecule has 0 bridgehead atoms. The van der Waals surface area contributed by atoms with Crippen molar-refractivity contribution in [3.05, 3.63) is 51.9 Å². The number of thiophene rings is 1. The minimum atomic E-state index is -0.154. The molecule has 1 fully saturated rings. The van der Waals surface area contributed by atoms with Crippen molar-refractivity contribution in [2.75, 3.05) is 32.5 Å². The molecule has 1 atom stereocenters. The molecule has 2 heterocycles. The Bertz CT molecular complexity index is 916. The Hall–Kier alpha value is -2.18. The topological polar surface area (TPSA) is 52.7 Å². The minimum Gasteiger partial charge on any atom is -0.339 e. The molecule has 30 heavy (non-hydrogen) atoms. The van der Waals surface area contributed by atoms with Crippen LogP contribution in [-0.4, -0.2) is 54.8 Å². The first-order valence-corrected chi connectivity index (χ1v) is 11.7. The highest BCUT2D eigenvalue weighted by atomic mass is 32.1. The average Bonchev–Trinajstić information content (AvgIpc) is 3.10. The maximum absolute atomic E-state index is 13.6. The van der Waals surface area contributed by atoms with E-state index in [1.807, 2.05) is 30.1 Å². The summed E-state index contributed by atoms with van der Waals surface area (Å²) in [6.07, 6.45) is 4.98. The van der Waals surface area contributed by atoms with E-state index in [0.29, 0.717) is 16.5 Å². The Morgan fingerprint density at radius 1 is 1.13 bits per heavy atom. The third kappa shape index (κ3) is 4.30. The van der Waals surface area contributed by atoms with Crippen LogP contribution in [0.3, 0.4) is 0 Å². The molecular formula is C24H31N3O2S. The molecule has 1 saturated heterocycles. The Morgan fingerprint density at radius 2 is 1.83 bits per heavy atom. The molecule has 1 aromatic carbocycles. The number of hydrogen-bond acceptors (Lipinski definition) is 4. The molecule has 0 radical (unpaired) electrons. The number of amides is 2. The summed E-state index contributed by atoms with van der Waals surface area (Å²) in [5, 5.41) is 3.78. The molecular weight excluding hydrogens is 394 g/mol. The molecule has 5 nitrogen and oxygen atoms in total. The molecule has 2 aromatic rings. The molecule has 2 amide bonds. The van der Waals surface area contributed by atoms with Crippen molar-refractivity contribution in [3.8, 4) is 0 Å². The van der Waals surface area contributed by atoms with Crippen LogP contribution in [0, 0.1) is 5.92 Å².